The maximum Gasteiger partial charge on any atom is 0.257 e. The van der Waals surface area contributed by atoms with Gasteiger partial charge >= 0.3 is 0 Å². The number of phenolic OH excluding ortho intramolecular Hbond substituents is 1. The molecule has 1 heterocycles. The van der Waals surface area contributed by atoms with Gasteiger partial charge in [0.2, 0.25) is 0 Å². The molecule has 1 amide bonds. The van der Waals surface area contributed by atoms with Gasteiger partial charge in [0, 0.05) is 23.6 Å². The topological polar surface area (TPSA) is 88.3 Å². The number of carbonyl (C=O) groups excluding carboxylic acids is 1. The number of aromatic nitrogens is 2. The molecular weight excluding hydrogens is 392 g/mol. The molecule has 0 unspecified atom stereocenters. The van der Waals surface area contributed by atoms with Crippen LogP contribution in [-0.2, 0) is 0 Å². The van der Waals surface area contributed by atoms with Crippen LogP contribution in [0.15, 0.2) is 47.0 Å². The van der Waals surface area contributed by atoms with E-state index in [0.29, 0.717) is 18.3 Å². The minimum Gasteiger partial charge on any atom is -0.503 e. The molecule has 8 heteroatoms. The summed E-state index contributed by atoms with van der Waals surface area (Å²) in [6.45, 7) is 0.414. The first kappa shape index (κ1) is 20.0. The van der Waals surface area contributed by atoms with Crippen molar-refractivity contribution in [2.75, 3.05) is 6.54 Å². The van der Waals surface area contributed by atoms with E-state index in [0.717, 1.165) is 43.4 Å². The maximum absolute atomic E-state index is 13.4. The molecular formula is C22H21F2N3O3. The summed E-state index contributed by atoms with van der Waals surface area (Å²) in [5, 5.41) is 16.0. The molecule has 2 aromatic carbocycles. The Balaban J connectivity index is 1.29. The number of phenols is 1. The fraction of sp³-hybridized carbons (Fsp3) is 0.318. The average molecular weight is 413 g/mol. The molecule has 30 heavy (non-hydrogen) atoms. The molecule has 0 aliphatic heterocycles. The van der Waals surface area contributed by atoms with Crippen LogP contribution in [0.3, 0.4) is 0 Å². The number of rotatable bonds is 5. The molecule has 1 aliphatic carbocycles. The number of amides is 1. The minimum atomic E-state index is -1.16. The number of halogens is 2. The third-order valence-corrected chi connectivity index (χ3v) is 5.50. The van der Waals surface area contributed by atoms with E-state index < -0.39 is 23.3 Å². The molecule has 0 bridgehead atoms. The quantitative estimate of drug-likeness (QED) is 0.646. The van der Waals surface area contributed by atoms with E-state index >= 15 is 0 Å². The third kappa shape index (κ3) is 4.32. The van der Waals surface area contributed by atoms with Gasteiger partial charge in [0.25, 0.3) is 11.8 Å². The van der Waals surface area contributed by atoms with Crippen molar-refractivity contribution >= 4 is 5.91 Å². The molecule has 4 rings (SSSR count). The van der Waals surface area contributed by atoms with Gasteiger partial charge in [0.05, 0.1) is 0 Å². The Bertz CT molecular complexity index is 1010. The average Bonchev–Trinajstić information content (AvgIpc) is 3.27. The van der Waals surface area contributed by atoms with Crippen LogP contribution in [0.2, 0.25) is 0 Å². The number of nitrogens with one attached hydrogen (secondary N) is 1. The lowest BCUT2D eigenvalue weighted by Gasteiger charge is -2.26. The number of hydrogen-bond donors (Lipinski definition) is 2. The molecule has 0 saturated heterocycles. The highest BCUT2D eigenvalue weighted by molar-refractivity contribution is 5.94. The first-order valence-corrected chi connectivity index (χ1v) is 9.86. The molecule has 1 aliphatic rings. The zero-order valence-electron chi connectivity index (χ0n) is 16.1. The number of hydrogen-bond acceptors (Lipinski definition) is 5. The lowest BCUT2D eigenvalue weighted by atomic mass is 9.81. The van der Waals surface area contributed by atoms with Crippen molar-refractivity contribution in [3.63, 3.8) is 0 Å². The summed E-state index contributed by atoms with van der Waals surface area (Å²) in [4.78, 5) is 16.7. The molecule has 1 fully saturated rings. The predicted molar refractivity (Wildman–Crippen MR) is 105 cm³/mol. The lowest BCUT2D eigenvalue weighted by Crippen LogP contribution is -2.31. The van der Waals surface area contributed by atoms with Gasteiger partial charge in [-0.2, -0.15) is 4.98 Å². The van der Waals surface area contributed by atoms with Gasteiger partial charge in [0.1, 0.15) is 0 Å². The highest BCUT2D eigenvalue weighted by atomic mass is 19.1. The van der Waals surface area contributed by atoms with Crippen LogP contribution < -0.4 is 5.32 Å². The van der Waals surface area contributed by atoms with E-state index in [1.807, 2.05) is 30.3 Å². The Morgan fingerprint density at radius 1 is 1.10 bits per heavy atom. The van der Waals surface area contributed by atoms with Crippen LogP contribution >= 0.6 is 0 Å². The van der Waals surface area contributed by atoms with Gasteiger partial charge in [-0.15, -0.1) is 0 Å². The predicted octanol–water partition coefficient (Wildman–Crippen LogP) is 4.42. The Morgan fingerprint density at radius 2 is 1.77 bits per heavy atom. The molecule has 1 aromatic heterocycles. The zero-order chi connectivity index (χ0) is 21.1. The maximum atomic E-state index is 13.4. The first-order chi connectivity index (χ1) is 14.5. The van der Waals surface area contributed by atoms with E-state index in [2.05, 4.69) is 15.5 Å². The van der Waals surface area contributed by atoms with Crippen molar-refractivity contribution in [3.05, 3.63) is 65.5 Å². The van der Waals surface area contributed by atoms with Crippen molar-refractivity contribution in [1.82, 2.24) is 15.5 Å². The summed E-state index contributed by atoms with van der Waals surface area (Å²) in [6, 6.07) is 11.2. The van der Waals surface area contributed by atoms with Crippen molar-refractivity contribution in [3.8, 4) is 17.2 Å². The van der Waals surface area contributed by atoms with Gasteiger partial charge in [-0.25, -0.2) is 8.78 Å². The van der Waals surface area contributed by atoms with E-state index in [9.17, 15) is 13.6 Å². The fourth-order valence-electron chi connectivity index (χ4n) is 3.76. The highest BCUT2D eigenvalue weighted by Crippen LogP contribution is 2.35. The summed E-state index contributed by atoms with van der Waals surface area (Å²) in [7, 11) is 0. The molecule has 0 atom stereocenters. The summed E-state index contributed by atoms with van der Waals surface area (Å²) >= 11 is 0. The first-order valence-electron chi connectivity index (χ1n) is 9.86. The standard InChI is InChI=1S/C22H21F2N3O3/c23-17-10-16(11-18(24)19(17)28)21(29)25-12-13-6-8-14(9-7-13)20-26-22(30-27-20)15-4-2-1-3-5-15/h1-5,10-11,13-14,28H,6-9,12H2,(H,25,29)/t13-,14-. The van der Waals surface area contributed by atoms with Crippen molar-refractivity contribution in [1.29, 1.82) is 0 Å². The van der Waals surface area contributed by atoms with Crippen LogP contribution in [-0.4, -0.2) is 27.7 Å². The van der Waals surface area contributed by atoms with E-state index in [4.69, 9.17) is 9.63 Å². The second-order valence-electron chi connectivity index (χ2n) is 7.54. The molecule has 0 radical (unpaired) electrons. The normalized spacial score (nSPS) is 18.9. The monoisotopic (exact) mass is 413 g/mol. The Labute approximate surface area is 171 Å². The smallest absolute Gasteiger partial charge is 0.257 e. The van der Waals surface area contributed by atoms with Gasteiger partial charge < -0.3 is 14.9 Å². The third-order valence-electron chi connectivity index (χ3n) is 5.50. The minimum absolute atomic E-state index is 0.156. The number of aromatic hydroxyl groups is 1. The lowest BCUT2D eigenvalue weighted by molar-refractivity contribution is 0.0941. The summed E-state index contributed by atoms with van der Waals surface area (Å²) in [5.74, 6) is -2.29. The highest BCUT2D eigenvalue weighted by Gasteiger charge is 2.26. The molecule has 1 saturated carbocycles. The second-order valence-corrected chi connectivity index (χ2v) is 7.54. The van der Waals surface area contributed by atoms with Gasteiger partial charge in [0.15, 0.2) is 23.2 Å². The van der Waals surface area contributed by atoms with Crippen molar-refractivity contribution in [2.45, 2.75) is 31.6 Å². The number of nitrogens with zero attached hydrogens (tertiary/aromatic N) is 2. The van der Waals surface area contributed by atoms with Crippen LogP contribution in [0.25, 0.3) is 11.5 Å². The summed E-state index contributed by atoms with van der Waals surface area (Å²) in [5.41, 5.74) is 0.728. The second kappa shape index (κ2) is 8.61. The molecule has 2 N–H and O–H groups in total. The molecule has 0 spiro atoms. The molecule has 156 valence electrons. The Morgan fingerprint density at radius 3 is 2.43 bits per heavy atom. The molecule has 3 aromatic rings. The van der Waals surface area contributed by atoms with Gasteiger partial charge in [-0.3, -0.25) is 4.79 Å². The van der Waals surface area contributed by atoms with Crippen LogP contribution in [0, 0.1) is 17.6 Å². The van der Waals surface area contributed by atoms with Gasteiger partial charge in [-0.1, -0.05) is 23.4 Å². The molecule has 6 nitrogen and oxygen atoms in total. The van der Waals surface area contributed by atoms with Gasteiger partial charge in [-0.05, 0) is 55.9 Å². The Hall–Kier alpha value is -3.29. The Kier molecular flexibility index (Phi) is 5.74. The summed E-state index contributed by atoms with van der Waals surface area (Å²) in [6.07, 6.45) is 3.49. The van der Waals surface area contributed by atoms with E-state index in [-0.39, 0.29) is 17.4 Å². The van der Waals surface area contributed by atoms with Crippen molar-refractivity contribution < 1.29 is 23.2 Å². The van der Waals surface area contributed by atoms with E-state index in [1.165, 1.54) is 0 Å². The number of carbonyl (C=O) groups is 1. The SMILES string of the molecule is O=C(NC[C@H]1CC[C@H](c2noc(-c3ccccc3)n2)CC1)c1cc(F)c(O)c(F)c1. The van der Waals surface area contributed by atoms with Crippen LogP contribution in [0.5, 0.6) is 5.75 Å². The largest absolute Gasteiger partial charge is 0.503 e. The summed E-state index contributed by atoms with van der Waals surface area (Å²) < 4.78 is 32.2. The fourth-order valence-corrected chi connectivity index (χ4v) is 3.76. The van der Waals surface area contributed by atoms with Crippen molar-refractivity contribution in [2.24, 2.45) is 5.92 Å². The van der Waals surface area contributed by atoms with Crippen LogP contribution in [0.4, 0.5) is 8.78 Å². The van der Waals surface area contributed by atoms with Crippen LogP contribution in [0.1, 0.15) is 47.8 Å². The number of benzene rings is 2. The zero-order valence-corrected chi connectivity index (χ0v) is 16.1. The van der Waals surface area contributed by atoms with E-state index in [1.54, 1.807) is 0 Å².